The molecule has 1 saturated carbocycles. The monoisotopic (exact) mass is 228 g/mol. The Labute approximate surface area is 100 Å². The van der Waals surface area contributed by atoms with Crippen molar-refractivity contribution in [1.82, 2.24) is 10.2 Å². The van der Waals surface area contributed by atoms with Crippen molar-refractivity contribution >= 4 is 0 Å². The van der Waals surface area contributed by atoms with E-state index in [1.807, 2.05) is 0 Å². The van der Waals surface area contributed by atoms with Crippen LogP contribution in [-0.2, 0) is 0 Å². The molecule has 0 heterocycles. The van der Waals surface area contributed by atoms with Crippen molar-refractivity contribution in [3.63, 3.8) is 0 Å². The van der Waals surface area contributed by atoms with Crippen LogP contribution in [0.5, 0.6) is 0 Å². The number of hydrogen-bond acceptors (Lipinski definition) is 3. The van der Waals surface area contributed by atoms with E-state index in [2.05, 4.69) is 24.1 Å². The summed E-state index contributed by atoms with van der Waals surface area (Å²) in [5.74, 6) is 0.778. The molecule has 96 valence electrons. The molecule has 1 rings (SSSR count). The van der Waals surface area contributed by atoms with E-state index >= 15 is 0 Å². The van der Waals surface area contributed by atoms with Gasteiger partial charge in [0, 0.05) is 19.1 Å². The summed E-state index contributed by atoms with van der Waals surface area (Å²) in [7, 11) is 0. The maximum absolute atomic E-state index is 9.01. The van der Waals surface area contributed by atoms with Gasteiger partial charge in [0.1, 0.15) is 0 Å². The van der Waals surface area contributed by atoms with Gasteiger partial charge in [-0.15, -0.1) is 0 Å². The molecule has 2 N–H and O–H groups in total. The SMILES string of the molecule is CCNC1CCCCC1CN(CC)CCO. The van der Waals surface area contributed by atoms with E-state index in [-0.39, 0.29) is 6.61 Å². The third-order valence-electron chi connectivity index (χ3n) is 3.73. The first-order valence-electron chi connectivity index (χ1n) is 6.88. The Morgan fingerprint density at radius 1 is 1.25 bits per heavy atom. The number of aliphatic hydroxyl groups excluding tert-OH is 1. The van der Waals surface area contributed by atoms with Crippen molar-refractivity contribution in [2.45, 2.75) is 45.6 Å². The van der Waals surface area contributed by atoms with Crippen LogP contribution < -0.4 is 5.32 Å². The van der Waals surface area contributed by atoms with Gasteiger partial charge in [0.2, 0.25) is 0 Å². The minimum atomic E-state index is 0.284. The van der Waals surface area contributed by atoms with Crippen LogP contribution in [-0.4, -0.2) is 48.8 Å². The number of hydrogen-bond donors (Lipinski definition) is 2. The van der Waals surface area contributed by atoms with Gasteiger partial charge in [0.15, 0.2) is 0 Å². The zero-order valence-electron chi connectivity index (χ0n) is 10.9. The first-order chi connectivity index (χ1) is 7.81. The van der Waals surface area contributed by atoms with Crippen molar-refractivity contribution in [2.75, 3.05) is 32.8 Å². The summed E-state index contributed by atoms with van der Waals surface area (Å²) >= 11 is 0. The molecule has 2 unspecified atom stereocenters. The standard InChI is InChI=1S/C13H28N2O/c1-3-14-13-8-6-5-7-12(13)11-15(4-2)9-10-16/h12-14,16H,3-11H2,1-2H3. The number of rotatable bonds is 7. The van der Waals surface area contributed by atoms with Crippen LogP contribution in [0.25, 0.3) is 0 Å². The predicted molar refractivity (Wildman–Crippen MR) is 68.6 cm³/mol. The lowest BCUT2D eigenvalue weighted by Crippen LogP contribution is -2.44. The highest BCUT2D eigenvalue weighted by Crippen LogP contribution is 2.25. The molecule has 2 atom stereocenters. The van der Waals surface area contributed by atoms with Gasteiger partial charge in [0.05, 0.1) is 6.61 Å². The fraction of sp³-hybridized carbons (Fsp3) is 1.00. The Morgan fingerprint density at radius 2 is 2.00 bits per heavy atom. The zero-order valence-corrected chi connectivity index (χ0v) is 10.9. The third-order valence-corrected chi connectivity index (χ3v) is 3.73. The van der Waals surface area contributed by atoms with Crippen LogP contribution in [0, 0.1) is 5.92 Å². The molecule has 3 heteroatoms. The summed E-state index contributed by atoms with van der Waals surface area (Å²) in [5.41, 5.74) is 0. The summed E-state index contributed by atoms with van der Waals surface area (Å²) in [4.78, 5) is 2.38. The van der Waals surface area contributed by atoms with Crippen molar-refractivity contribution in [3.05, 3.63) is 0 Å². The Balaban J connectivity index is 2.40. The molecule has 0 aliphatic heterocycles. The highest BCUT2D eigenvalue weighted by molar-refractivity contribution is 4.82. The topological polar surface area (TPSA) is 35.5 Å². The maximum atomic E-state index is 9.01. The van der Waals surface area contributed by atoms with Crippen LogP contribution >= 0.6 is 0 Å². The summed E-state index contributed by atoms with van der Waals surface area (Å²) in [6, 6.07) is 0.700. The average Bonchev–Trinajstić information content (AvgIpc) is 2.31. The Kier molecular flexibility index (Phi) is 7.01. The number of nitrogens with zero attached hydrogens (tertiary/aromatic N) is 1. The van der Waals surface area contributed by atoms with E-state index in [0.717, 1.165) is 32.1 Å². The van der Waals surface area contributed by atoms with Crippen LogP contribution in [0.2, 0.25) is 0 Å². The largest absolute Gasteiger partial charge is 0.395 e. The molecular weight excluding hydrogens is 200 g/mol. The fourth-order valence-electron chi connectivity index (χ4n) is 2.81. The van der Waals surface area contributed by atoms with Gasteiger partial charge in [-0.3, -0.25) is 0 Å². The van der Waals surface area contributed by atoms with E-state index in [9.17, 15) is 0 Å². The number of aliphatic hydroxyl groups is 1. The van der Waals surface area contributed by atoms with E-state index < -0.39 is 0 Å². The normalized spacial score (nSPS) is 26.2. The zero-order chi connectivity index (χ0) is 11.8. The number of likely N-dealkylation sites (N-methyl/N-ethyl adjacent to an activating group) is 1. The summed E-state index contributed by atoms with van der Waals surface area (Å²) in [6.45, 7) is 8.76. The predicted octanol–water partition coefficient (Wildman–Crippen LogP) is 1.47. The second-order valence-corrected chi connectivity index (χ2v) is 4.83. The third kappa shape index (κ3) is 4.40. The Hall–Kier alpha value is -0.120. The molecule has 3 nitrogen and oxygen atoms in total. The van der Waals surface area contributed by atoms with Crippen molar-refractivity contribution in [2.24, 2.45) is 5.92 Å². The second kappa shape index (κ2) is 8.04. The molecule has 0 aromatic carbocycles. The lowest BCUT2D eigenvalue weighted by molar-refractivity contribution is 0.147. The first kappa shape index (κ1) is 13.9. The summed E-state index contributed by atoms with van der Waals surface area (Å²) in [6.07, 6.45) is 5.43. The highest BCUT2D eigenvalue weighted by atomic mass is 16.3. The molecule has 1 fully saturated rings. The van der Waals surface area contributed by atoms with Crippen molar-refractivity contribution in [3.8, 4) is 0 Å². The van der Waals surface area contributed by atoms with Crippen LogP contribution in [0.4, 0.5) is 0 Å². The molecular formula is C13H28N2O. The van der Waals surface area contributed by atoms with E-state index in [0.29, 0.717) is 6.04 Å². The van der Waals surface area contributed by atoms with Gasteiger partial charge in [-0.05, 0) is 31.8 Å². The van der Waals surface area contributed by atoms with Gasteiger partial charge >= 0.3 is 0 Å². The first-order valence-corrected chi connectivity index (χ1v) is 6.88. The van der Waals surface area contributed by atoms with Crippen LogP contribution in [0.3, 0.4) is 0 Å². The van der Waals surface area contributed by atoms with Gasteiger partial charge in [-0.25, -0.2) is 0 Å². The van der Waals surface area contributed by atoms with E-state index in [1.165, 1.54) is 25.7 Å². The molecule has 0 aromatic heterocycles. The number of nitrogens with one attached hydrogen (secondary N) is 1. The summed E-state index contributed by atoms with van der Waals surface area (Å²) < 4.78 is 0. The van der Waals surface area contributed by atoms with Crippen molar-refractivity contribution < 1.29 is 5.11 Å². The summed E-state index contributed by atoms with van der Waals surface area (Å²) in [5, 5.41) is 12.6. The van der Waals surface area contributed by atoms with Crippen LogP contribution in [0.15, 0.2) is 0 Å². The fourth-order valence-corrected chi connectivity index (χ4v) is 2.81. The highest BCUT2D eigenvalue weighted by Gasteiger charge is 2.25. The molecule has 0 radical (unpaired) electrons. The molecule has 1 aliphatic rings. The lowest BCUT2D eigenvalue weighted by atomic mass is 9.84. The van der Waals surface area contributed by atoms with Gasteiger partial charge in [0.25, 0.3) is 0 Å². The molecule has 0 bridgehead atoms. The van der Waals surface area contributed by atoms with Gasteiger partial charge < -0.3 is 15.3 Å². The molecule has 0 amide bonds. The molecule has 1 aliphatic carbocycles. The van der Waals surface area contributed by atoms with Crippen LogP contribution in [0.1, 0.15) is 39.5 Å². The smallest absolute Gasteiger partial charge is 0.0558 e. The maximum Gasteiger partial charge on any atom is 0.0558 e. The van der Waals surface area contributed by atoms with Gasteiger partial charge in [-0.1, -0.05) is 26.7 Å². The quantitative estimate of drug-likeness (QED) is 0.692. The molecule has 0 spiro atoms. The van der Waals surface area contributed by atoms with Gasteiger partial charge in [-0.2, -0.15) is 0 Å². The Bertz CT molecular complexity index is 173. The van der Waals surface area contributed by atoms with Crippen molar-refractivity contribution in [1.29, 1.82) is 0 Å². The van der Waals surface area contributed by atoms with E-state index in [1.54, 1.807) is 0 Å². The second-order valence-electron chi connectivity index (χ2n) is 4.83. The molecule has 0 aromatic rings. The average molecular weight is 228 g/mol. The minimum absolute atomic E-state index is 0.284. The Morgan fingerprint density at radius 3 is 2.62 bits per heavy atom. The molecule has 16 heavy (non-hydrogen) atoms. The minimum Gasteiger partial charge on any atom is -0.395 e. The lowest BCUT2D eigenvalue weighted by Gasteiger charge is -2.35. The molecule has 0 saturated heterocycles. The van der Waals surface area contributed by atoms with E-state index in [4.69, 9.17) is 5.11 Å².